The van der Waals surface area contributed by atoms with E-state index in [1.165, 1.54) is 7.05 Å². The number of rotatable bonds is 3. The van der Waals surface area contributed by atoms with Gasteiger partial charge in [-0.2, -0.15) is 0 Å². The number of piperidine rings is 1. The van der Waals surface area contributed by atoms with Gasteiger partial charge in [-0.3, -0.25) is 14.4 Å². The average molecular weight is 290 g/mol. The summed E-state index contributed by atoms with van der Waals surface area (Å²) in [5.74, 6) is -1.58. The molecule has 0 radical (unpaired) electrons. The lowest BCUT2D eigenvalue weighted by Gasteiger charge is -2.30. The molecule has 1 fully saturated rings. The number of likely N-dealkylation sites (tertiary alicyclic amines) is 1. The fourth-order valence-electron chi connectivity index (χ4n) is 2.45. The molecule has 21 heavy (non-hydrogen) atoms. The van der Waals surface area contributed by atoms with Gasteiger partial charge in [-0.1, -0.05) is 6.07 Å². The molecule has 0 saturated carbocycles. The van der Waals surface area contributed by atoms with Crippen molar-refractivity contribution in [3.63, 3.8) is 0 Å². The molecule has 1 aliphatic rings. The highest BCUT2D eigenvalue weighted by Crippen LogP contribution is 2.19. The van der Waals surface area contributed by atoms with Crippen molar-refractivity contribution in [2.75, 3.05) is 20.1 Å². The topological polar surface area (TPSA) is 86.7 Å². The van der Waals surface area contributed by atoms with Crippen LogP contribution in [0.25, 0.3) is 0 Å². The zero-order valence-corrected chi connectivity index (χ0v) is 11.8. The van der Waals surface area contributed by atoms with Gasteiger partial charge in [-0.25, -0.2) is 0 Å². The zero-order valence-electron chi connectivity index (χ0n) is 11.8. The van der Waals surface area contributed by atoms with Gasteiger partial charge in [-0.15, -0.1) is 0 Å². The summed E-state index contributed by atoms with van der Waals surface area (Å²) in [5.41, 5.74) is 0.883. The van der Waals surface area contributed by atoms with E-state index in [0.717, 1.165) is 0 Å². The van der Waals surface area contributed by atoms with Crippen molar-refractivity contribution in [2.24, 2.45) is 5.92 Å². The molecule has 2 N–H and O–H groups in total. The van der Waals surface area contributed by atoms with E-state index < -0.39 is 5.97 Å². The molecule has 0 bridgehead atoms. The van der Waals surface area contributed by atoms with Crippen LogP contribution in [0.5, 0.6) is 0 Å². The van der Waals surface area contributed by atoms with E-state index in [1.807, 2.05) is 0 Å². The Balaban J connectivity index is 2.07. The van der Waals surface area contributed by atoms with Gasteiger partial charge in [0, 0.05) is 31.3 Å². The molecule has 2 amide bonds. The Bertz CT molecular complexity index is 563. The summed E-state index contributed by atoms with van der Waals surface area (Å²) < 4.78 is 0. The lowest BCUT2D eigenvalue weighted by molar-refractivity contribution is -0.143. The van der Waals surface area contributed by atoms with E-state index in [0.29, 0.717) is 37.1 Å². The molecule has 6 heteroatoms. The fraction of sp³-hybridized carbons (Fsp3) is 0.400. The predicted octanol–water partition coefficient (Wildman–Crippen LogP) is 0.983. The van der Waals surface area contributed by atoms with E-state index >= 15 is 0 Å². The van der Waals surface area contributed by atoms with Crippen LogP contribution in [0.4, 0.5) is 0 Å². The Morgan fingerprint density at radius 1 is 1.19 bits per heavy atom. The molecule has 1 aliphatic heterocycles. The summed E-state index contributed by atoms with van der Waals surface area (Å²) in [7, 11) is 1.54. The Kier molecular flexibility index (Phi) is 4.57. The van der Waals surface area contributed by atoms with Gasteiger partial charge in [0.15, 0.2) is 0 Å². The van der Waals surface area contributed by atoms with Crippen LogP contribution in [0.15, 0.2) is 24.3 Å². The summed E-state index contributed by atoms with van der Waals surface area (Å²) in [4.78, 5) is 36.5. The molecule has 1 aromatic rings. The highest BCUT2D eigenvalue weighted by atomic mass is 16.4. The number of carboxylic acids is 1. The van der Waals surface area contributed by atoms with Gasteiger partial charge < -0.3 is 15.3 Å². The minimum absolute atomic E-state index is 0.162. The van der Waals surface area contributed by atoms with Gasteiger partial charge in [0.2, 0.25) is 0 Å². The number of hydrogen-bond donors (Lipinski definition) is 2. The van der Waals surface area contributed by atoms with Crippen molar-refractivity contribution >= 4 is 17.8 Å². The first-order valence-corrected chi connectivity index (χ1v) is 6.87. The molecule has 112 valence electrons. The summed E-state index contributed by atoms with van der Waals surface area (Å²) >= 11 is 0. The molecule has 6 nitrogen and oxygen atoms in total. The minimum Gasteiger partial charge on any atom is -0.481 e. The quantitative estimate of drug-likeness (QED) is 0.869. The zero-order chi connectivity index (χ0) is 15.4. The molecule has 1 heterocycles. The molecular formula is C15H18N2O4. The van der Waals surface area contributed by atoms with Gasteiger partial charge in [0.05, 0.1) is 5.92 Å². The molecule has 0 spiro atoms. The summed E-state index contributed by atoms with van der Waals surface area (Å²) in [5, 5.41) is 11.5. The second-order valence-corrected chi connectivity index (χ2v) is 5.06. The van der Waals surface area contributed by atoms with E-state index in [4.69, 9.17) is 5.11 Å². The molecule has 0 aromatic heterocycles. The largest absolute Gasteiger partial charge is 0.481 e. The second kappa shape index (κ2) is 6.39. The normalized spacial score (nSPS) is 15.6. The summed E-state index contributed by atoms with van der Waals surface area (Å²) in [6, 6.07) is 6.54. The van der Waals surface area contributed by atoms with E-state index in [2.05, 4.69) is 5.32 Å². The van der Waals surface area contributed by atoms with Crippen LogP contribution >= 0.6 is 0 Å². The number of carboxylic acid groups (broad SMARTS) is 1. The van der Waals surface area contributed by atoms with Crippen molar-refractivity contribution < 1.29 is 19.5 Å². The van der Waals surface area contributed by atoms with Crippen molar-refractivity contribution in [2.45, 2.75) is 12.8 Å². The SMILES string of the molecule is CNC(=O)c1cccc(C(=O)N2CCC(C(=O)O)CC2)c1. The molecule has 2 rings (SSSR count). The molecule has 1 saturated heterocycles. The number of nitrogens with one attached hydrogen (secondary N) is 1. The maximum Gasteiger partial charge on any atom is 0.306 e. The van der Waals surface area contributed by atoms with Crippen molar-refractivity contribution in [3.05, 3.63) is 35.4 Å². The number of amides is 2. The van der Waals surface area contributed by atoms with Gasteiger partial charge in [0.25, 0.3) is 11.8 Å². The van der Waals surface area contributed by atoms with Crippen LogP contribution in [0.1, 0.15) is 33.6 Å². The van der Waals surface area contributed by atoms with Crippen LogP contribution in [-0.2, 0) is 4.79 Å². The van der Waals surface area contributed by atoms with Crippen LogP contribution in [0.2, 0.25) is 0 Å². The van der Waals surface area contributed by atoms with Crippen LogP contribution in [-0.4, -0.2) is 47.9 Å². The third-order valence-corrected chi connectivity index (χ3v) is 3.73. The highest BCUT2D eigenvalue weighted by molar-refractivity contribution is 5.99. The van der Waals surface area contributed by atoms with E-state index in [1.54, 1.807) is 29.2 Å². The standard InChI is InChI=1S/C15H18N2O4/c1-16-13(18)11-3-2-4-12(9-11)14(19)17-7-5-10(6-8-17)15(20)21/h2-4,9-10H,5-8H2,1H3,(H,16,18)(H,20,21). The van der Waals surface area contributed by atoms with Crippen molar-refractivity contribution in [1.82, 2.24) is 10.2 Å². The Labute approximate surface area is 122 Å². The maximum atomic E-state index is 12.4. The Hall–Kier alpha value is -2.37. The first-order valence-electron chi connectivity index (χ1n) is 6.87. The van der Waals surface area contributed by atoms with Crippen molar-refractivity contribution in [1.29, 1.82) is 0 Å². The van der Waals surface area contributed by atoms with E-state index in [-0.39, 0.29) is 17.7 Å². The highest BCUT2D eigenvalue weighted by Gasteiger charge is 2.27. The van der Waals surface area contributed by atoms with Crippen LogP contribution in [0.3, 0.4) is 0 Å². The Morgan fingerprint density at radius 2 is 1.81 bits per heavy atom. The smallest absolute Gasteiger partial charge is 0.306 e. The van der Waals surface area contributed by atoms with Gasteiger partial charge in [-0.05, 0) is 31.0 Å². The minimum atomic E-state index is -0.802. The second-order valence-electron chi connectivity index (χ2n) is 5.06. The first kappa shape index (κ1) is 15.0. The lowest BCUT2D eigenvalue weighted by Crippen LogP contribution is -2.40. The van der Waals surface area contributed by atoms with E-state index in [9.17, 15) is 14.4 Å². The number of aliphatic carboxylic acids is 1. The third-order valence-electron chi connectivity index (χ3n) is 3.73. The monoisotopic (exact) mass is 290 g/mol. The molecule has 0 aliphatic carbocycles. The summed E-state index contributed by atoms with van der Waals surface area (Å²) in [6.45, 7) is 0.861. The Morgan fingerprint density at radius 3 is 2.38 bits per heavy atom. The fourth-order valence-corrected chi connectivity index (χ4v) is 2.45. The molecule has 1 aromatic carbocycles. The number of hydrogen-bond acceptors (Lipinski definition) is 3. The first-order chi connectivity index (χ1) is 10.0. The van der Waals surface area contributed by atoms with Crippen LogP contribution < -0.4 is 5.32 Å². The number of carbonyl (C=O) groups is 3. The summed E-state index contributed by atoms with van der Waals surface area (Å²) in [6.07, 6.45) is 0.937. The lowest BCUT2D eigenvalue weighted by atomic mass is 9.96. The molecule has 0 atom stereocenters. The molecular weight excluding hydrogens is 272 g/mol. The van der Waals surface area contributed by atoms with Gasteiger partial charge in [0.1, 0.15) is 0 Å². The van der Waals surface area contributed by atoms with Gasteiger partial charge >= 0.3 is 5.97 Å². The van der Waals surface area contributed by atoms with Crippen molar-refractivity contribution in [3.8, 4) is 0 Å². The number of carbonyl (C=O) groups excluding carboxylic acids is 2. The average Bonchev–Trinajstić information content (AvgIpc) is 2.53. The maximum absolute atomic E-state index is 12.4. The molecule has 0 unspecified atom stereocenters. The number of benzene rings is 1. The predicted molar refractivity (Wildman–Crippen MR) is 76.1 cm³/mol. The third kappa shape index (κ3) is 3.39. The number of nitrogens with zero attached hydrogens (tertiary/aromatic N) is 1. The van der Waals surface area contributed by atoms with Crippen LogP contribution in [0, 0.1) is 5.92 Å².